The van der Waals surface area contributed by atoms with E-state index in [1.165, 1.54) is 23.9 Å². The minimum absolute atomic E-state index is 0.296. The number of halogens is 1. The summed E-state index contributed by atoms with van der Waals surface area (Å²) in [5, 5.41) is 11.0. The third kappa shape index (κ3) is 4.86. The fourth-order valence-corrected chi connectivity index (χ4v) is 4.19. The number of hydrogen-bond acceptors (Lipinski definition) is 5. The zero-order chi connectivity index (χ0) is 21.2. The molecule has 0 fully saturated rings. The molecule has 0 atom stereocenters. The average molecular weight is 429 g/mol. The number of thioether (sulfide) groups is 1. The Morgan fingerprint density at radius 1 is 1.28 bits per heavy atom. The Hall–Kier alpha value is -2.21. The van der Waals surface area contributed by atoms with Crippen molar-refractivity contribution in [1.82, 2.24) is 14.5 Å². The van der Waals surface area contributed by atoms with Crippen LogP contribution >= 0.6 is 11.8 Å². The molecule has 0 saturated carbocycles. The molecule has 0 aliphatic rings. The molecule has 0 amide bonds. The van der Waals surface area contributed by atoms with Crippen LogP contribution in [0.2, 0.25) is 25.7 Å². The first-order valence-electron chi connectivity index (χ1n) is 9.43. The maximum Gasteiger partial charge on any atom is 0.189 e. The number of fused-ring (bicyclic) bond motifs is 1. The van der Waals surface area contributed by atoms with E-state index >= 15 is 0 Å². The Balaban J connectivity index is 2.09. The number of benzene rings is 1. The van der Waals surface area contributed by atoms with Crippen molar-refractivity contribution in [1.29, 1.82) is 5.26 Å². The lowest BCUT2D eigenvalue weighted by molar-refractivity contribution is 0.0898. The minimum Gasteiger partial charge on any atom is -0.361 e. The number of nitriles is 1. The second-order valence-corrected chi connectivity index (χ2v) is 14.6. The van der Waals surface area contributed by atoms with Crippen LogP contribution in [-0.2, 0) is 11.5 Å². The van der Waals surface area contributed by atoms with Gasteiger partial charge in [0, 0.05) is 26.4 Å². The van der Waals surface area contributed by atoms with E-state index in [0.717, 1.165) is 17.2 Å². The molecule has 8 heteroatoms. The van der Waals surface area contributed by atoms with Crippen molar-refractivity contribution < 1.29 is 9.13 Å². The lowest BCUT2D eigenvalue weighted by Crippen LogP contribution is -2.22. The second-order valence-electron chi connectivity index (χ2n) is 8.19. The van der Waals surface area contributed by atoms with Crippen molar-refractivity contribution in [3.8, 4) is 17.3 Å². The van der Waals surface area contributed by atoms with Gasteiger partial charge in [0.15, 0.2) is 5.16 Å². The van der Waals surface area contributed by atoms with Gasteiger partial charge in [0.05, 0.1) is 16.6 Å². The minimum atomic E-state index is -1.18. The summed E-state index contributed by atoms with van der Waals surface area (Å²) in [5.74, 6) is -0.296. The quantitative estimate of drug-likeness (QED) is 0.217. The van der Waals surface area contributed by atoms with Crippen molar-refractivity contribution in [3.63, 3.8) is 0 Å². The number of aromatic nitrogens is 3. The van der Waals surface area contributed by atoms with Crippen molar-refractivity contribution >= 4 is 30.9 Å². The molecule has 0 aliphatic carbocycles. The van der Waals surface area contributed by atoms with Gasteiger partial charge in [-0.1, -0.05) is 31.4 Å². The van der Waals surface area contributed by atoms with E-state index in [4.69, 9.17) is 4.74 Å². The van der Waals surface area contributed by atoms with E-state index in [1.807, 2.05) is 17.7 Å². The molecule has 1 aromatic carbocycles. The van der Waals surface area contributed by atoms with Gasteiger partial charge in [-0.2, -0.15) is 5.26 Å². The van der Waals surface area contributed by atoms with Crippen LogP contribution in [0.5, 0.6) is 0 Å². The van der Waals surface area contributed by atoms with Crippen LogP contribution in [0.1, 0.15) is 11.1 Å². The van der Waals surface area contributed by atoms with Crippen LogP contribution in [0.3, 0.4) is 0 Å². The van der Waals surface area contributed by atoms with Crippen LogP contribution < -0.4 is 0 Å². The average Bonchev–Trinajstić information content (AvgIpc) is 3.02. The topological polar surface area (TPSA) is 63.7 Å². The summed E-state index contributed by atoms with van der Waals surface area (Å²) in [4.78, 5) is 9.30. The normalized spacial score (nSPS) is 11.8. The molecular weight excluding hydrogens is 403 g/mol. The maximum absolute atomic E-state index is 13.6. The fourth-order valence-electron chi connectivity index (χ4n) is 3.07. The zero-order valence-electron chi connectivity index (χ0n) is 17.4. The van der Waals surface area contributed by atoms with Gasteiger partial charge in [-0.15, -0.1) is 0 Å². The maximum atomic E-state index is 13.6. The summed E-state index contributed by atoms with van der Waals surface area (Å²) in [7, 11) is -1.18. The highest BCUT2D eigenvalue weighted by molar-refractivity contribution is 7.98. The Kier molecular flexibility index (Phi) is 6.41. The Labute approximate surface area is 175 Å². The molecule has 0 unspecified atom stereocenters. The lowest BCUT2D eigenvalue weighted by atomic mass is 10.0. The van der Waals surface area contributed by atoms with Crippen molar-refractivity contribution in [3.05, 3.63) is 41.3 Å². The van der Waals surface area contributed by atoms with E-state index in [1.54, 1.807) is 12.3 Å². The molecule has 2 heterocycles. The highest BCUT2D eigenvalue weighted by Crippen LogP contribution is 2.33. The van der Waals surface area contributed by atoms with Gasteiger partial charge in [-0.05, 0) is 43.0 Å². The standard InChI is InChI=1S/C21H25FN4OSSi/c1-14-10-16(22)6-7-17(14)19-18-15(11-23)12-26(13-27-8-9-29(3,4)5)20(18)25-21(24-19)28-2/h6-7,10,12H,8-9,13H2,1-5H3. The van der Waals surface area contributed by atoms with E-state index < -0.39 is 8.07 Å². The number of hydrogen-bond donors (Lipinski definition) is 0. The zero-order valence-corrected chi connectivity index (χ0v) is 19.2. The first-order chi connectivity index (χ1) is 13.7. The molecule has 0 spiro atoms. The first kappa shape index (κ1) is 21.5. The van der Waals surface area contributed by atoms with Gasteiger partial charge in [-0.3, -0.25) is 0 Å². The lowest BCUT2D eigenvalue weighted by Gasteiger charge is -2.15. The van der Waals surface area contributed by atoms with Crippen molar-refractivity contribution in [2.75, 3.05) is 12.9 Å². The SMILES string of the molecule is CSc1nc(-c2ccc(F)cc2C)c2c(C#N)cn(COCC[Si](C)(C)C)c2n1. The Morgan fingerprint density at radius 3 is 2.66 bits per heavy atom. The van der Waals surface area contributed by atoms with Gasteiger partial charge in [0.2, 0.25) is 0 Å². The van der Waals surface area contributed by atoms with Crippen molar-refractivity contribution in [2.24, 2.45) is 0 Å². The molecule has 2 aromatic heterocycles. The molecule has 0 bridgehead atoms. The van der Waals surface area contributed by atoms with Crippen molar-refractivity contribution in [2.45, 2.75) is 44.5 Å². The van der Waals surface area contributed by atoms with Crippen LogP contribution in [0.15, 0.2) is 29.6 Å². The summed E-state index contributed by atoms with van der Waals surface area (Å²) < 4.78 is 21.4. The van der Waals surface area contributed by atoms with Gasteiger partial charge < -0.3 is 9.30 Å². The van der Waals surface area contributed by atoms with Crippen LogP contribution in [-0.4, -0.2) is 35.5 Å². The highest BCUT2D eigenvalue weighted by atomic mass is 32.2. The van der Waals surface area contributed by atoms with E-state index in [-0.39, 0.29) is 5.82 Å². The summed E-state index contributed by atoms with van der Waals surface area (Å²) in [6.45, 7) is 9.78. The highest BCUT2D eigenvalue weighted by Gasteiger charge is 2.20. The smallest absolute Gasteiger partial charge is 0.189 e. The predicted molar refractivity (Wildman–Crippen MR) is 118 cm³/mol. The summed E-state index contributed by atoms with van der Waals surface area (Å²) in [5.41, 5.74) is 3.35. The van der Waals surface area contributed by atoms with E-state index in [9.17, 15) is 9.65 Å². The number of nitrogens with zero attached hydrogens (tertiary/aromatic N) is 4. The Morgan fingerprint density at radius 2 is 2.03 bits per heavy atom. The molecule has 3 aromatic rings. The third-order valence-electron chi connectivity index (χ3n) is 4.67. The molecule has 0 aliphatic heterocycles. The second kappa shape index (κ2) is 8.65. The van der Waals surface area contributed by atoms with Gasteiger partial charge >= 0.3 is 0 Å². The number of aryl methyl sites for hydroxylation is 1. The molecule has 3 rings (SSSR count). The molecule has 5 nitrogen and oxygen atoms in total. The summed E-state index contributed by atoms with van der Waals surface area (Å²) in [6.07, 6.45) is 3.67. The Bertz CT molecular complexity index is 1080. The molecule has 0 radical (unpaired) electrons. The summed E-state index contributed by atoms with van der Waals surface area (Å²) >= 11 is 1.43. The van der Waals surface area contributed by atoms with Crippen LogP contribution in [0.4, 0.5) is 4.39 Å². The van der Waals surface area contributed by atoms with Gasteiger partial charge in [0.1, 0.15) is 24.3 Å². The summed E-state index contributed by atoms with van der Waals surface area (Å²) in [6, 6.07) is 7.92. The number of ether oxygens (including phenoxy) is 1. The molecule has 29 heavy (non-hydrogen) atoms. The number of rotatable bonds is 7. The predicted octanol–water partition coefficient (Wildman–Crippen LogP) is 5.45. The van der Waals surface area contributed by atoms with Gasteiger partial charge in [0.25, 0.3) is 0 Å². The first-order valence-corrected chi connectivity index (χ1v) is 14.4. The monoisotopic (exact) mass is 428 g/mol. The molecule has 152 valence electrons. The van der Waals surface area contributed by atoms with Gasteiger partial charge in [-0.25, -0.2) is 14.4 Å². The van der Waals surface area contributed by atoms with E-state index in [2.05, 4.69) is 35.7 Å². The molecule has 0 N–H and O–H groups in total. The third-order valence-corrected chi connectivity index (χ3v) is 6.92. The van der Waals surface area contributed by atoms with Crippen LogP contribution in [0, 0.1) is 24.1 Å². The largest absolute Gasteiger partial charge is 0.361 e. The van der Waals surface area contributed by atoms with Crippen LogP contribution in [0.25, 0.3) is 22.3 Å². The molecular formula is C21H25FN4OSSi. The van der Waals surface area contributed by atoms with E-state index in [0.29, 0.717) is 40.8 Å². The fraction of sp³-hybridized carbons (Fsp3) is 0.381. The molecule has 0 saturated heterocycles.